The van der Waals surface area contributed by atoms with E-state index in [1.807, 2.05) is 0 Å². The molecule has 0 bridgehead atoms. The van der Waals surface area contributed by atoms with Gasteiger partial charge in [-0.3, -0.25) is 9.59 Å². The molecule has 0 saturated heterocycles. The Morgan fingerprint density at radius 1 is 1.43 bits per heavy atom. The maximum Gasteiger partial charge on any atom is 0.227 e. The minimum atomic E-state index is -0.127. The third-order valence-corrected chi connectivity index (χ3v) is 3.00. The monoisotopic (exact) mass is 197 g/mol. The SMILES string of the molecule is CC(=O)CC(=O)NC1CCCC1(C)C. The number of amides is 1. The molecule has 3 nitrogen and oxygen atoms in total. The molecule has 1 rings (SSSR count). The van der Waals surface area contributed by atoms with Crippen LogP contribution in [0.15, 0.2) is 0 Å². The maximum atomic E-state index is 11.4. The fourth-order valence-electron chi connectivity index (χ4n) is 2.07. The van der Waals surface area contributed by atoms with Gasteiger partial charge in [0.1, 0.15) is 5.78 Å². The predicted molar refractivity (Wildman–Crippen MR) is 54.9 cm³/mol. The fourth-order valence-corrected chi connectivity index (χ4v) is 2.07. The molecule has 0 heterocycles. The van der Waals surface area contributed by atoms with Gasteiger partial charge in [-0.2, -0.15) is 0 Å². The van der Waals surface area contributed by atoms with Crippen molar-refractivity contribution >= 4 is 11.7 Å². The molecule has 1 N–H and O–H groups in total. The van der Waals surface area contributed by atoms with E-state index in [4.69, 9.17) is 0 Å². The summed E-state index contributed by atoms with van der Waals surface area (Å²) in [6, 6.07) is 0.245. The standard InChI is InChI=1S/C11H19NO2/c1-8(13)7-10(14)12-9-5-4-6-11(9,2)3/h9H,4-7H2,1-3H3,(H,12,14). The van der Waals surface area contributed by atoms with Crippen molar-refractivity contribution in [3.05, 3.63) is 0 Å². The first kappa shape index (κ1) is 11.2. The zero-order valence-electron chi connectivity index (χ0n) is 9.22. The van der Waals surface area contributed by atoms with Crippen LogP contribution < -0.4 is 5.32 Å². The van der Waals surface area contributed by atoms with E-state index >= 15 is 0 Å². The Bertz CT molecular complexity index is 246. The molecule has 0 aliphatic heterocycles. The number of rotatable bonds is 3. The zero-order valence-corrected chi connectivity index (χ0v) is 9.22. The number of ketones is 1. The highest BCUT2D eigenvalue weighted by Crippen LogP contribution is 2.37. The lowest BCUT2D eigenvalue weighted by Crippen LogP contribution is -2.41. The van der Waals surface area contributed by atoms with Crippen molar-refractivity contribution in [2.75, 3.05) is 0 Å². The summed E-state index contributed by atoms with van der Waals surface area (Å²) in [6.45, 7) is 5.77. The average molecular weight is 197 g/mol. The fraction of sp³-hybridized carbons (Fsp3) is 0.818. The van der Waals surface area contributed by atoms with Crippen LogP contribution in [0, 0.1) is 5.41 Å². The summed E-state index contributed by atoms with van der Waals surface area (Å²) in [4.78, 5) is 22.1. The molecule has 1 saturated carbocycles. The first-order valence-corrected chi connectivity index (χ1v) is 5.20. The molecule has 0 aromatic carbocycles. The van der Waals surface area contributed by atoms with E-state index in [9.17, 15) is 9.59 Å². The van der Waals surface area contributed by atoms with Gasteiger partial charge in [-0.25, -0.2) is 0 Å². The minimum absolute atomic E-state index is 0.0204. The summed E-state index contributed by atoms with van der Waals surface area (Å²) in [5.41, 5.74) is 0.187. The Balaban J connectivity index is 2.44. The van der Waals surface area contributed by atoms with Gasteiger partial charge in [-0.15, -0.1) is 0 Å². The molecule has 1 amide bonds. The Morgan fingerprint density at radius 3 is 2.50 bits per heavy atom. The highest BCUT2D eigenvalue weighted by molar-refractivity contribution is 5.96. The predicted octanol–water partition coefficient (Wildman–Crippen LogP) is 1.66. The summed E-state index contributed by atoms with van der Waals surface area (Å²) < 4.78 is 0. The molecule has 3 heteroatoms. The largest absolute Gasteiger partial charge is 0.352 e. The van der Waals surface area contributed by atoms with Crippen molar-refractivity contribution in [1.29, 1.82) is 0 Å². The van der Waals surface area contributed by atoms with Crippen molar-refractivity contribution in [1.82, 2.24) is 5.32 Å². The summed E-state index contributed by atoms with van der Waals surface area (Å²) >= 11 is 0. The van der Waals surface area contributed by atoms with Crippen molar-refractivity contribution in [2.45, 2.75) is 52.5 Å². The van der Waals surface area contributed by atoms with E-state index in [1.54, 1.807) is 0 Å². The van der Waals surface area contributed by atoms with Gasteiger partial charge in [-0.05, 0) is 25.2 Å². The van der Waals surface area contributed by atoms with Crippen LogP contribution in [-0.4, -0.2) is 17.7 Å². The second kappa shape index (κ2) is 4.11. The Labute approximate surface area is 85.3 Å². The normalized spacial score (nSPS) is 24.6. The van der Waals surface area contributed by atoms with Crippen LogP contribution in [0.4, 0.5) is 0 Å². The van der Waals surface area contributed by atoms with Crippen LogP contribution >= 0.6 is 0 Å². The molecule has 14 heavy (non-hydrogen) atoms. The van der Waals surface area contributed by atoms with E-state index in [-0.39, 0.29) is 29.6 Å². The van der Waals surface area contributed by atoms with Crippen molar-refractivity contribution in [3.8, 4) is 0 Å². The molecular formula is C11H19NO2. The van der Waals surface area contributed by atoms with E-state index in [0.29, 0.717) is 0 Å². The lowest BCUT2D eigenvalue weighted by Gasteiger charge is -2.27. The first-order chi connectivity index (χ1) is 6.42. The number of hydrogen-bond acceptors (Lipinski definition) is 2. The quantitative estimate of drug-likeness (QED) is 0.699. The molecular weight excluding hydrogens is 178 g/mol. The van der Waals surface area contributed by atoms with Crippen LogP contribution in [0.5, 0.6) is 0 Å². The van der Waals surface area contributed by atoms with Gasteiger partial charge in [0.05, 0.1) is 6.42 Å². The zero-order chi connectivity index (χ0) is 10.8. The summed E-state index contributed by atoms with van der Waals surface area (Å²) in [5.74, 6) is -0.198. The smallest absolute Gasteiger partial charge is 0.227 e. The maximum absolute atomic E-state index is 11.4. The Hall–Kier alpha value is -0.860. The highest BCUT2D eigenvalue weighted by atomic mass is 16.2. The van der Waals surface area contributed by atoms with Gasteiger partial charge in [0.2, 0.25) is 5.91 Å². The van der Waals surface area contributed by atoms with Crippen LogP contribution in [0.2, 0.25) is 0 Å². The molecule has 0 aromatic heterocycles. The summed E-state index contributed by atoms with van der Waals surface area (Å²) in [7, 11) is 0. The summed E-state index contributed by atoms with van der Waals surface area (Å²) in [5, 5.41) is 2.94. The number of carbonyl (C=O) groups is 2. The van der Waals surface area contributed by atoms with Crippen LogP contribution in [-0.2, 0) is 9.59 Å². The molecule has 1 aliphatic rings. The Morgan fingerprint density at radius 2 is 2.07 bits per heavy atom. The van der Waals surface area contributed by atoms with Crippen molar-refractivity contribution in [2.24, 2.45) is 5.41 Å². The second-order valence-corrected chi connectivity index (χ2v) is 4.88. The van der Waals surface area contributed by atoms with E-state index in [2.05, 4.69) is 19.2 Å². The molecule has 1 unspecified atom stereocenters. The van der Waals surface area contributed by atoms with Crippen LogP contribution in [0.25, 0.3) is 0 Å². The first-order valence-electron chi connectivity index (χ1n) is 5.20. The van der Waals surface area contributed by atoms with Gasteiger partial charge in [-0.1, -0.05) is 20.3 Å². The van der Waals surface area contributed by atoms with Gasteiger partial charge < -0.3 is 5.32 Å². The molecule has 0 spiro atoms. The molecule has 0 radical (unpaired) electrons. The van der Waals surface area contributed by atoms with Crippen LogP contribution in [0.3, 0.4) is 0 Å². The molecule has 0 aromatic rings. The lowest BCUT2D eigenvalue weighted by molar-refractivity contribution is -0.128. The third-order valence-electron chi connectivity index (χ3n) is 3.00. The van der Waals surface area contributed by atoms with Gasteiger partial charge in [0.25, 0.3) is 0 Å². The van der Waals surface area contributed by atoms with Gasteiger partial charge in [0, 0.05) is 6.04 Å². The third kappa shape index (κ3) is 2.82. The molecule has 1 atom stereocenters. The molecule has 1 fully saturated rings. The van der Waals surface area contributed by atoms with E-state index < -0.39 is 0 Å². The second-order valence-electron chi connectivity index (χ2n) is 4.88. The molecule has 80 valence electrons. The molecule has 1 aliphatic carbocycles. The minimum Gasteiger partial charge on any atom is -0.352 e. The van der Waals surface area contributed by atoms with Crippen LogP contribution in [0.1, 0.15) is 46.5 Å². The highest BCUT2D eigenvalue weighted by Gasteiger charge is 2.35. The summed E-state index contributed by atoms with van der Waals surface area (Å²) in [6.07, 6.45) is 3.37. The van der Waals surface area contributed by atoms with Gasteiger partial charge in [0.15, 0.2) is 0 Å². The Kier molecular flexibility index (Phi) is 3.29. The number of Topliss-reactive ketones (excluding diaryl/α,β-unsaturated/α-hetero) is 1. The van der Waals surface area contributed by atoms with Crippen molar-refractivity contribution < 1.29 is 9.59 Å². The topological polar surface area (TPSA) is 46.2 Å². The average Bonchev–Trinajstić information content (AvgIpc) is 2.29. The van der Waals surface area contributed by atoms with E-state index in [1.165, 1.54) is 6.92 Å². The number of carbonyl (C=O) groups excluding carboxylic acids is 2. The van der Waals surface area contributed by atoms with Crippen molar-refractivity contribution in [3.63, 3.8) is 0 Å². The van der Waals surface area contributed by atoms with E-state index in [0.717, 1.165) is 19.3 Å². The van der Waals surface area contributed by atoms with Gasteiger partial charge >= 0.3 is 0 Å². The number of hydrogen-bond donors (Lipinski definition) is 1. The number of nitrogens with one attached hydrogen (secondary N) is 1. The lowest BCUT2D eigenvalue weighted by atomic mass is 9.87.